The molecule has 0 saturated carbocycles. The van der Waals surface area contributed by atoms with Crippen molar-refractivity contribution in [3.63, 3.8) is 0 Å². The molecule has 15 atom stereocenters. The molecule has 0 aromatic rings. The van der Waals surface area contributed by atoms with E-state index in [1.54, 1.807) is 47.8 Å². The summed E-state index contributed by atoms with van der Waals surface area (Å²) in [5.74, 6) is -26.7. The third-order valence-corrected chi connectivity index (χ3v) is 19.3. The van der Waals surface area contributed by atoms with Gasteiger partial charge in [0, 0.05) is 25.8 Å². The van der Waals surface area contributed by atoms with Gasteiger partial charge in [0.15, 0.2) is 0 Å². The summed E-state index contributed by atoms with van der Waals surface area (Å²) in [7, 11) is 0. The number of rotatable bonds is 58. The van der Waals surface area contributed by atoms with E-state index in [1.165, 1.54) is 53.3 Å². The number of carboxylic acids is 6. The van der Waals surface area contributed by atoms with Gasteiger partial charge >= 0.3 is 35.8 Å². The predicted molar refractivity (Wildman–Crippen MR) is 429 cm³/mol. The zero-order valence-corrected chi connectivity index (χ0v) is 71.0. The number of hydrogen-bond donors (Lipinski definition) is 22. The quantitative estimate of drug-likeness (QED) is 0.0256. The number of carbonyl (C=O) groups excluding carboxylic acids is 15. The largest absolute Gasteiger partial charge is 0.481 e. The smallest absolute Gasteiger partial charge is 0.326 e. The standard InChI is InChI=1S/C75H125N17O27S/c1-35(2)29-47(87-65(108)45(21-24-56(98)99)83-68(111)50(33-58(102)103)88-73(116)60(39(9)10)90-69(112)48(30-36(3)4)86-62(105)42(77)17-14-15-26-76)67(110)84-46(25-28-120-13)66(109)82-43(19-22-54(94)95)64(107)80-41(12)74(117)92-27-16-18-52(92)71(114)78-34-53(93)81-49(32-57(100)101)70(113)91-59(38(7)8)72(115)85-44(20-23-55(96)97)63(106)79-40(11)61(104)89-51(75(118)119)31-37(5)6/h35-52,59-60H,14-34,76-77H2,1-13H3,(H,78,114)(H,79,106)(H,80,107)(H,81,93)(H,82,109)(H,83,111)(H,84,110)(H,85,115)(H,86,105)(H,87,108)(H,88,116)(H,89,104)(H,90,112)(H,91,113)(H,94,95)(H,96,97)(H,98,99)(H,100,101)(H,102,103)(H,118,119)/t40-,41-,42-,43-,44-,45-,46-,47-,48-,49-,50-,51-,52-,59-,60-/m0/s1. The monoisotopic (exact) mass is 1730 g/mol. The number of aliphatic carboxylic acids is 6. The van der Waals surface area contributed by atoms with Crippen molar-refractivity contribution in [1.82, 2.24) is 79.3 Å². The van der Waals surface area contributed by atoms with Crippen molar-refractivity contribution in [1.29, 1.82) is 0 Å². The van der Waals surface area contributed by atoms with Crippen LogP contribution in [0.25, 0.3) is 0 Å². The summed E-state index contributed by atoms with van der Waals surface area (Å²) in [6, 6.07) is -23.2. The summed E-state index contributed by atoms with van der Waals surface area (Å²) in [5.41, 5.74) is 11.6. The number of nitrogens with two attached hydrogens (primary N) is 2. The molecule has 120 heavy (non-hydrogen) atoms. The number of unbranched alkanes of at least 4 members (excludes halogenated alkanes) is 1. The van der Waals surface area contributed by atoms with E-state index >= 15 is 0 Å². The Hall–Kier alpha value is -10.9. The zero-order valence-electron chi connectivity index (χ0n) is 70.2. The summed E-state index contributed by atoms with van der Waals surface area (Å²) in [5, 5.41) is 91.3. The van der Waals surface area contributed by atoms with Crippen molar-refractivity contribution in [2.45, 2.75) is 283 Å². The molecule has 15 amide bonds. The highest BCUT2D eigenvalue weighted by Crippen LogP contribution is 2.20. The lowest BCUT2D eigenvalue weighted by Gasteiger charge is -2.29. The number of carbonyl (C=O) groups is 21. The van der Waals surface area contributed by atoms with Crippen molar-refractivity contribution in [3.05, 3.63) is 0 Å². The van der Waals surface area contributed by atoms with Crippen LogP contribution >= 0.6 is 11.8 Å². The van der Waals surface area contributed by atoms with Crippen LogP contribution in [0.4, 0.5) is 0 Å². The first kappa shape index (κ1) is 107. The van der Waals surface area contributed by atoms with Crippen LogP contribution in [0.5, 0.6) is 0 Å². The SMILES string of the molecule is CSCC[C@H](NC(=O)[C@H](CC(C)C)NC(=O)[C@H](CCC(=O)O)NC(=O)[C@H](CC(=O)O)NC(=O)[C@@H](NC(=O)[C@H](CC(C)C)NC(=O)[C@@H](N)CCCCN)C(C)C)C(=O)N[C@@H](CCC(=O)O)C(=O)N[C@@H](C)C(=O)N1CCC[C@H]1C(=O)NCC(=O)N[C@@H](CC(=O)O)C(=O)N[C@H](C(=O)N[C@@H](CCC(=O)O)C(=O)N[C@@H](C)C(=O)N[C@@H](CC(C)C)C(=O)O)C(C)C. The maximum absolute atomic E-state index is 14.4. The van der Waals surface area contributed by atoms with E-state index in [2.05, 4.69) is 74.4 Å². The van der Waals surface area contributed by atoms with Crippen molar-refractivity contribution in [3.8, 4) is 0 Å². The highest BCUT2D eigenvalue weighted by Gasteiger charge is 2.41. The molecule has 0 bridgehead atoms. The molecule has 1 heterocycles. The molecule has 24 N–H and O–H groups in total. The van der Waals surface area contributed by atoms with Gasteiger partial charge < -0.3 is 121 Å². The fourth-order valence-corrected chi connectivity index (χ4v) is 12.7. The molecular formula is C75H125N17O27S. The van der Waals surface area contributed by atoms with Crippen LogP contribution in [0.15, 0.2) is 0 Å². The molecular weight excluding hydrogens is 1600 g/mol. The van der Waals surface area contributed by atoms with E-state index in [-0.39, 0.29) is 69.1 Å². The molecule has 1 fully saturated rings. The summed E-state index contributed by atoms with van der Waals surface area (Å²) < 4.78 is 0. The number of likely N-dealkylation sites (tertiary alicyclic amines) is 1. The lowest BCUT2D eigenvalue weighted by Crippen LogP contribution is -2.61. The second kappa shape index (κ2) is 54.3. The molecule has 0 unspecified atom stereocenters. The first-order valence-electron chi connectivity index (χ1n) is 39.7. The van der Waals surface area contributed by atoms with E-state index in [9.17, 15) is 131 Å². The van der Waals surface area contributed by atoms with Gasteiger partial charge in [-0.05, 0) is 133 Å². The van der Waals surface area contributed by atoms with E-state index in [0.29, 0.717) is 19.4 Å². The maximum atomic E-state index is 14.4. The Bertz CT molecular complexity index is 3590. The van der Waals surface area contributed by atoms with Crippen molar-refractivity contribution >= 4 is 136 Å². The van der Waals surface area contributed by atoms with E-state index in [4.69, 9.17) is 11.5 Å². The highest BCUT2D eigenvalue weighted by molar-refractivity contribution is 7.98. The second-order valence-corrected chi connectivity index (χ2v) is 32.3. The van der Waals surface area contributed by atoms with Crippen molar-refractivity contribution in [2.24, 2.45) is 41.1 Å². The van der Waals surface area contributed by atoms with Gasteiger partial charge in [-0.1, -0.05) is 75.7 Å². The molecule has 0 radical (unpaired) electrons. The van der Waals surface area contributed by atoms with Crippen molar-refractivity contribution in [2.75, 3.05) is 31.6 Å². The molecule has 1 rings (SSSR count). The molecule has 0 aromatic heterocycles. The van der Waals surface area contributed by atoms with E-state index in [1.807, 2.05) is 0 Å². The molecule has 1 aliphatic rings. The normalized spacial score (nSPS) is 16.0. The van der Waals surface area contributed by atoms with Crippen molar-refractivity contribution < 1.29 is 131 Å². The molecule has 0 aliphatic carbocycles. The minimum Gasteiger partial charge on any atom is -0.481 e. The Balaban J connectivity index is 3.44. The third-order valence-electron chi connectivity index (χ3n) is 18.7. The number of carboxylic acid groups (broad SMARTS) is 6. The first-order chi connectivity index (χ1) is 55.9. The Morgan fingerprint density at radius 2 is 0.733 bits per heavy atom. The lowest BCUT2D eigenvalue weighted by atomic mass is 9.99. The first-order valence-corrected chi connectivity index (χ1v) is 41.1. The molecule has 45 heteroatoms. The third kappa shape index (κ3) is 40.7. The number of nitrogens with zero attached hydrogens (tertiary/aromatic N) is 1. The molecule has 0 aromatic carbocycles. The Labute approximate surface area is 699 Å². The number of hydrogen-bond acceptors (Lipinski definition) is 24. The minimum absolute atomic E-state index is 0.00953. The summed E-state index contributed by atoms with van der Waals surface area (Å²) in [6.45, 7) is 17.9. The molecule has 1 aliphatic heterocycles. The van der Waals surface area contributed by atoms with Crippen LogP contribution in [0.2, 0.25) is 0 Å². The topological polar surface area (TPSA) is 704 Å². The van der Waals surface area contributed by atoms with Gasteiger partial charge in [-0.3, -0.25) is 95.9 Å². The van der Waals surface area contributed by atoms with Gasteiger partial charge in [0.2, 0.25) is 88.6 Å². The Morgan fingerprint density at radius 1 is 0.383 bits per heavy atom. The van der Waals surface area contributed by atoms with Gasteiger partial charge in [-0.2, -0.15) is 11.8 Å². The summed E-state index contributed by atoms with van der Waals surface area (Å²) >= 11 is 1.21. The van der Waals surface area contributed by atoms with Gasteiger partial charge in [0.25, 0.3) is 0 Å². The molecule has 678 valence electrons. The molecule has 44 nitrogen and oxygen atoms in total. The zero-order chi connectivity index (χ0) is 91.7. The highest BCUT2D eigenvalue weighted by atomic mass is 32.2. The Kier molecular flexibility index (Phi) is 48.5. The van der Waals surface area contributed by atoms with Gasteiger partial charge in [-0.15, -0.1) is 0 Å². The van der Waals surface area contributed by atoms with Crippen LogP contribution in [0.1, 0.15) is 192 Å². The molecule has 0 spiro atoms. The summed E-state index contributed by atoms with van der Waals surface area (Å²) in [4.78, 5) is 280. The molecule has 1 saturated heterocycles. The Morgan fingerprint density at radius 3 is 1.14 bits per heavy atom. The van der Waals surface area contributed by atoms with Crippen LogP contribution in [-0.2, 0) is 101 Å². The van der Waals surface area contributed by atoms with Crippen LogP contribution in [0, 0.1) is 29.6 Å². The van der Waals surface area contributed by atoms with Crippen LogP contribution in [-0.4, -0.2) is 282 Å². The van der Waals surface area contributed by atoms with Gasteiger partial charge in [0.05, 0.1) is 25.4 Å². The van der Waals surface area contributed by atoms with Gasteiger partial charge in [-0.25, -0.2) is 4.79 Å². The average Bonchev–Trinajstić information content (AvgIpc) is 1.78. The van der Waals surface area contributed by atoms with Crippen LogP contribution < -0.4 is 85.9 Å². The average molecular weight is 1730 g/mol. The number of thioether (sulfide) groups is 1. The van der Waals surface area contributed by atoms with E-state index < -0.39 is 291 Å². The van der Waals surface area contributed by atoms with Gasteiger partial charge in [0.1, 0.15) is 84.6 Å². The number of amides is 15. The maximum Gasteiger partial charge on any atom is 0.326 e. The second-order valence-electron chi connectivity index (χ2n) is 31.3. The van der Waals surface area contributed by atoms with Crippen LogP contribution in [0.3, 0.4) is 0 Å². The fraction of sp³-hybridized carbons (Fsp3) is 0.720. The lowest BCUT2D eigenvalue weighted by molar-refractivity contribution is -0.143. The van der Waals surface area contributed by atoms with E-state index in [0.717, 1.165) is 4.90 Å². The summed E-state index contributed by atoms with van der Waals surface area (Å²) in [6.07, 6.45) is -3.30. The minimum atomic E-state index is -1.99. The fourth-order valence-electron chi connectivity index (χ4n) is 12.2. The predicted octanol–water partition coefficient (Wildman–Crippen LogP) is -4.28. The number of nitrogens with one attached hydrogen (secondary N) is 14.